The quantitative estimate of drug-likeness (QED) is 0.485. The van der Waals surface area contributed by atoms with E-state index in [1.807, 2.05) is 31.2 Å². The van der Waals surface area contributed by atoms with Crippen molar-refractivity contribution in [3.8, 4) is 0 Å². The number of carbonyl (C=O) groups excluding carboxylic acids is 1. The van der Waals surface area contributed by atoms with Gasteiger partial charge in [-0.3, -0.25) is 9.79 Å². The number of guanidine groups is 1. The van der Waals surface area contributed by atoms with Gasteiger partial charge in [-0.1, -0.05) is 26.0 Å². The van der Waals surface area contributed by atoms with Gasteiger partial charge in [0.05, 0.1) is 0 Å². The fraction of sp³-hybridized carbons (Fsp3) is 0.400. The zero-order valence-corrected chi connectivity index (χ0v) is 16.5. The second kappa shape index (κ2) is 10.6. The summed E-state index contributed by atoms with van der Waals surface area (Å²) >= 11 is 1.72. The van der Waals surface area contributed by atoms with Crippen LogP contribution in [0.4, 0.5) is 5.69 Å². The lowest BCUT2D eigenvalue weighted by Crippen LogP contribution is -2.38. The van der Waals surface area contributed by atoms with Crippen molar-refractivity contribution in [3.63, 3.8) is 0 Å². The van der Waals surface area contributed by atoms with Crippen LogP contribution in [-0.2, 0) is 11.3 Å². The third-order valence-electron chi connectivity index (χ3n) is 4.09. The first-order chi connectivity index (χ1) is 12.6. The number of amides is 1. The number of thiophene rings is 1. The lowest BCUT2D eigenvalue weighted by atomic mass is 10.1. The summed E-state index contributed by atoms with van der Waals surface area (Å²) in [6.07, 6.45) is 1.40. The van der Waals surface area contributed by atoms with Crippen LogP contribution in [0.3, 0.4) is 0 Å². The Morgan fingerprint density at radius 2 is 1.96 bits per heavy atom. The number of anilines is 1. The van der Waals surface area contributed by atoms with E-state index >= 15 is 0 Å². The molecular weight excluding hydrogens is 344 g/mol. The maximum atomic E-state index is 11.6. The van der Waals surface area contributed by atoms with Gasteiger partial charge in [-0.25, -0.2) is 0 Å². The molecule has 1 aromatic heterocycles. The topological polar surface area (TPSA) is 65.5 Å². The van der Waals surface area contributed by atoms with Gasteiger partial charge in [0, 0.05) is 32.2 Å². The minimum absolute atomic E-state index is 0.0581. The van der Waals surface area contributed by atoms with E-state index in [9.17, 15) is 4.79 Å². The first-order valence-electron chi connectivity index (χ1n) is 8.97. The maximum Gasteiger partial charge on any atom is 0.224 e. The molecule has 140 valence electrons. The summed E-state index contributed by atoms with van der Waals surface area (Å²) < 4.78 is 0. The molecule has 26 heavy (non-hydrogen) atoms. The Balaban J connectivity index is 1.78. The molecule has 1 unspecified atom stereocenters. The number of nitrogens with zero attached hydrogens (tertiary/aromatic N) is 1. The number of hydrogen-bond donors (Lipinski definition) is 3. The smallest absolute Gasteiger partial charge is 0.224 e. The van der Waals surface area contributed by atoms with E-state index < -0.39 is 0 Å². The van der Waals surface area contributed by atoms with E-state index in [1.165, 1.54) is 5.56 Å². The van der Waals surface area contributed by atoms with Crippen LogP contribution in [0.25, 0.3) is 0 Å². The van der Waals surface area contributed by atoms with E-state index in [0.717, 1.165) is 30.2 Å². The Bertz CT molecular complexity index is 695. The zero-order valence-electron chi connectivity index (χ0n) is 15.7. The normalized spacial score (nSPS) is 12.5. The summed E-state index contributed by atoms with van der Waals surface area (Å²) in [5.41, 5.74) is 3.31. The van der Waals surface area contributed by atoms with Crippen molar-refractivity contribution in [2.75, 3.05) is 18.9 Å². The van der Waals surface area contributed by atoms with Gasteiger partial charge in [-0.2, -0.15) is 11.3 Å². The summed E-state index contributed by atoms with van der Waals surface area (Å²) in [6, 6.07) is 10.0. The predicted octanol–water partition coefficient (Wildman–Crippen LogP) is 3.96. The molecule has 0 saturated heterocycles. The minimum Gasteiger partial charge on any atom is -0.356 e. The van der Waals surface area contributed by atoms with Gasteiger partial charge in [0.15, 0.2) is 5.96 Å². The molecule has 1 aromatic carbocycles. The molecule has 1 heterocycles. The minimum atomic E-state index is 0.0581. The van der Waals surface area contributed by atoms with Crippen molar-refractivity contribution >= 4 is 28.9 Å². The van der Waals surface area contributed by atoms with Crippen LogP contribution in [0.2, 0.25) is 0 Å². The molecule has 0 saturated carbocycles. The second-order valence-corrected chi connectivity index (χ2v) is 7.04. The summed E-state index contributed by atoms with van der Waals surface area (Å²) in [5, 5.41) is 13.9. The number of nitrogens with one attached hydrogen (secondary N) is 3. The van der Waals surface area contributed by atoms with Gasteiger partial charge in [0.1, 0.15) is 0 Å². The molecular formula is C20H28N4OS. The van der Waals surface area contributed by atoms with Crippen molar-refractivity contribution in [1.82, 2.24) is 10.6 Å². The molecule has 2 rings (SSSR count). The molecule has 1 amide bonds. The average molecular weight is 373 g/mol. The van der Waals surface area contributed by atoms with Crippen LogP contribution in [0.1, 0.15) is 43.7 Å². The van der Waals surface area contributed by atoms with Gasteiger partial charge in [-0.05, 0) is 52.4 Å². The van der Waals surface area contributed by atoms with E-state index in [4.69, 9.17) is 0 Å². The van der Waals surface area contributed by atoms with Crippen molar-refractivity contribution < 1.29 is 4.79 Å². The molecule has 0 fully saturated rings. The first kappa shape index (κ1) is 20.0. The summed E-state index contributed by atoms with van der Waals surface area (Å²) in [5.74, 6) is 1.28. The van der Waals surface area contributed by atoms with Crippen molar-refractivity contribution in [1.29, 1.82) is 0 Å². The standard InChI is InChI=1S/C20H28N4OS/c1-4-5-19(25)24-18-8-6-16(7-9-18)13-23-20(21-3)22-12-15(2)17-10-11-26-14-17/h6-11,14-15H,4-5,12-13H2,1-3H3,(H,24,25)(H2,21,22,23). The number of benzene rings is 1. The van der Waals surface area contributed by atoms with E-state index in [0.29, 0.717) is 18.9 Å². The second-order valence-electron chi connectivity index (χ2n) is 6.26. The molecule has 6 heteroatoms. The Morgan fingerprint density at radius 3 is 2.58 bits per heavy atom. The largest absolute Gasteiger partial charge is 0.356 e. The molecule has 0 aliphatic carbocycles. The predicted molar refractivity (Wildman–Crippen MR) is 111 cm³/mol. The van der Waals surface area contributed by atoms with Crippen LogP contribution in [0.15, 0.2) is 46.1 Å². The summed E-state index contributed by atoms with van der Waals surface area (Å²) in [7, 11) is 1.77. The first-order valence-corrected chi connectivity index (χ1v) is 9.92. The number of carbonyl (C=O) groups is 1. The zero-order chi connectivity index (χ0) is 18.8. The Kier molecular flexibility index (Phi) is 8.15. The highest BCUT2D eigenvalue weighted by atomic mass is 32.1. The van der Waals surface area contributed by atoms with E-state index in [-0.39, 0.29) is 5.91 Å². The van der Waals surface area contributed by atoms with E-state index in [2.05, 4.69) is 44.7 Å². The fourth-order valence-electron chi connectivity index (χ4n) is 2.49. The van der Waals surface area contributed by atoms with Crippen molar-refractivity contribution in [2.45, 2.75) is 39.2 Å². The SMILES string of the molecule is CCCC(=O)Nc1ccc(CNC(=NC)NCC(C)c2ccsc2)cc1. The van der Waals surface area contributed by atoms with Gasteiger partial charge >= 0.3 is 0 Å². The van der Waals surface area contributed by atoms with Crippen LogP contribution < -0.4 is 16.0 Å². The van der Waals surface area contributed by atoms with Crippen LogP contribution >= 0.6 is 11.3 Å². The summed E-state index contributed by atoms with van der Waals surface area (Å²) in [4.78, 5) is 15.9. The molecule has 0 spiro atoms. The molecule has 0 aliphatic rings. The maximum absolute atomic E-state index is 11.6. The molecule has 0 aliphatic heterocycles. The Labute approximate surface area is 159 Å². The van der Waals surface area contributed by atoms with Gasteiger partial charge < -0.3 is 16.0 Å². The van der Waals surface area contributed by atoms with Crippen molar-refractivity contribution in [3.05, 3.63) is 52.2 Å². The molecule has 2 aromatic rings. The number of aliphatic imine (C=N–C) groups is 1. The summed E-state index contributed by atoms with van der Waals surface area (Å²) in [6.45, 7) is 5.71. The molecule has 0 bridgehead atoms. The highest BCUT2D eigenvalue weighted by molar-refractivity contribution is 7.07. The molecule has 1 atom stereocenters. The van der Waals surface area contributed by atoms with Crippen LogP contribution in [0, 0.1) is 0 Å². The lowest BCUT2D eigenvalue weighted by molar-refractivity contribution is -0.116. The van der Waals surface area contributed by atoms with Crippen LogP contribution in [-0.4, -0.2) is 25.5 Å². The fourth-order valence-corrected chi connectivity index (χ4v) is 3.27. The Morgan fingerprint density at radius 1 is 1.19 bits per heavy atom. The number of hydrogen-bond acceptors (Lipinski definition) is 3. The van der Waals surface area contributed by atoms with Gasteiger partial charge in [0.25, 0.3) is 0 Å². The van der Waals surface area contributed by atoms with Crippen molar-refractivity contribution in [2.24, 2.45) is 4.99 Å². The van der Waals surface area contributed by atoms with Gasteiger partial charge in [-0.15, -0.1) is 0 Å². The molecule has 0 radical (unpaired) electrons. The highest BCUT2D eigenvalue weighted by Gasteiger charge is 2.07. The third-order valence-corrected chi connectivity index (χ3v) is 4.79. The molecule has 5 nitrogen and oxygen atoms in total. The average Bonchev–Trinajstić information content (AvgIpc) is 3.18. The Hall–Kier alpha value is -2.34. The van der Waals surface area contributed by atoms with Crippen LogP contribution in [0.5, 0.6) is 0 Å². The monoisotopic (exact) mass is 372 g/mol. The van der Waals surface area contributed by atoms with E-state index in [1.54, 1.807) is 18.4 Å². The third kappa shape index (κ3) is 6.52. The lowest BCUT2D eigenvalue weighted by Gasteiger charge is -2.15. The van der Waals surface area contributed by atoms with Gasteiger partial charge in [0.2, 0.25) is 5.91 Å². The number of rotatable bonds is 8. The molecule has 3 N–H and O–H groups in total. The highest BCUT2D eigenvalue weighted by Crippen LogP contribution is 2.17.